The monoisotopic (exact) mass is 378 g/mol. The molecule has 5 nitrogen and oxygen atoms in total. The van der Waals surface area contributed by atoms with E-state index in [0.29, 0.717) is 11.3 Å². The van der Waals surface area contributed by atoms with Crippen LogP contribution >= 0.6 is 24.2 Å². The molecule has 0 aromatic heterocycles. The second kappa shape index (κ2) is 8.92. The zero-order valence-corrected chi connectivity index (χ0v) is 15.7. The van der Waals surface area contributed by atoms with Gasteiger partial charge in [0.2, 0.25) is 5.91 Å². The summed E-state index contributed by atoms with van der Waals surface area (Å²) in [5.41, 5.74) is 0.895. The van der Waals surface area contributed by atoms with Crippen molar-refractivity contribution in [1.82, 2.24) is 10.6 Å². The van der Waals surface area contributed by atoms with Gasteiger partial charge in [0, 0.05) is 36.8 Å². The predicted molar refractivity (Wildman–Crippen MR) is 97.1 cm³/mol. The highest BCUT2D eigenvalue weighted by molar-refractivity contribution is 7.99. The fourth-order valence-electron chi connectivity index (χ4n) is 2.36. The van der Waals surface area contributed by atoms with E-state index in [1.807, 2.05) is 18.7 Å². The number of amides is 1. The molecule has 2 N–H and O–H groups in total. The highest BCUT2D eigenvalue weighted by atomic mass is 35.5. The number of carbonyl (C=O) groups is 1. The molecule has 0 bridgehead atoms. The molecule has 8 heteroatoms. The largest absolute Gasteiger partial charge is 0.350 e. The first kappa shape index (κ1) is 20.3. The van der Waals surface area contributed by atoms with Crippen LogP contribution < -0.4 is 10.6 Å². The molecule has 2 rings (SSSR count). The van der Waals surface area contributed by atoms with Crippen molar-refractivity contribution in [3.63, 3.8) is 0 Å². The summed E-state index contributed by atoms with van der Waals surface area (Å²) < 4.78 is 22.9. The van der Waals surface area contributed by atoms with Gasteiger partial charge in [-0.3, -0.25) is 4.79 Å². The number of hydrogen-bond acceptors (Lipinski definition) is 5. The van der Waals surface area contributed by atoms with Gasteiger partial charge in [0.1, 0.15) is 0 Å². The van der Waals surface area contributed by atoms with Crippen molar-refractivity contribution in [3.8, 4) is 0 Å². The Balaban J connectivity index is 0.00000264. The molecule has 1 heterocycles. The van der Waals surface area contributed by atoms with Crippen molar-refractivity contribution in [2.45, 2.75) is 30.3 Å². The van der Waals surface area contributed by atoms with Gasteiger partial charge >= 0.3 is 0 Å². The van der Waals surface area contributed by atoms with Crippen LogP contribution in [-0.2, 0) is 14.6 Å². The van der Waals surface area contributed by atoms with Gasteiger partial charge in [-0.1, -0.05) is 12.1 Å². The highest BCUT2D eigenvalue weighted by Crippen LogP contribution is 2.17. The smallest absolute Gasteiger partial charge is 0.222 e. The van der Waals surface area contributed by atoms with Crippen LogP contribution in [0.1, 0.15) is 24.9 Å². The number of halogens is 1. The van der Waals surface area contributed by atoms with E-state index in [9.17, 15) is 13.2 Å². The van der Waals surface area contributed by atoms with Crippen molar-refractivity contribution in [2.75, 3.05) is 24.3 Å². The fraction of sp³-hybridized carbons (Fsp3) is 0.533. The molecular formula is C15H23ClN2O3S2. The molecule has 23 heavy (non-hydrogen) atoms. The lowest BCUT2D eigenvalue weighted by molar-refractivity contribution is -0.122. The van der Waals surface area contributed by atoms with E-state index < -0.39 is 9.84 Å². The topological polar surface area (TPSA) is 75.3 Å². The molecule has 0 spiro atoms. The van der Waals surface area contributed by atoms with Crippen LogP contribution in [0.5, 0.6) is 0 Å². The minimum atomic E-state index is -3.19. The lowest BCUT2D eigenvalue weighted by Crippen LogP contribution is -2.41. The van der Waals surface area contributed by atoms with E-state index in [4.69, 9.17) is 0 Å². The van der Waals surface area contributed by atoms with Gasteiger partial charge in [0.15, 0.2) is 9.84 Å². The third-order valence-corrected chi connectivity index (χ3v) is 5.88. The summed E-state index contributed by atoms with van der Waals surface area (Å²) in [5, 5.41) is 6.30. The van der Waals surface area contributed by atoms with Crippen LogP contribution in [0.4, 0.5) is 0 Å². The van der Waals surface area contributed by atoms with E-state index in [0.717, 1.165) is 23.6 Å². The molecule has 2 unspecified atom stereocenters. The number of carbonyl (C=O) groups excluding carboxylic acids is 1. The number of hydrogen-bond donors (Lipinski definition) is 2. The van der Waals surface area contributed by atoms with Crippen molar-refractivity contribution >= 4 is 39.9 Å². The number of benzene rings is 1. The minimum absolute atomic E-state index is 0. The summed E-state index contributed by atoms with van der Waals surface area (Å²) in [6.07, 6.45) is 1.65. The van der Waals surface area contributed by atoms with E-state index in [1.54, 1.807) is 24.3 Å². The third-order valence-electron chi connectivity index (χ3n) is 3.62. The molecule has 1 aromatic carbocycles. The molecule has 0 saturated carbocycles. The lowest BCUT2D eigenvalue weighted by Gasteiger charge is -2.23. The maximum atomic E-state index is 12.1. The first-order valence-corrected chi connectivity index (χ1v) is 10.3. The number of sulfone groups is 1. The van der Waals surface area contributed by atoms with Gasteiger partial charge in [-0.15, -0.1) is 12.4 Å². The van der Waals surface area contributed by atoms with Crippen LogP contribution in [0.25, 0.3) is 0 Å². The first-order valence-electron chi connectivity index (χ1n) is 7.27. The minimum Gasteiger partial charge on any atom is -0.350 e. The summed E-state index contributed by atoms with van der Waals surface area (Å²) in [5.74, 6) is 2.08. The van der Waals surface area contributed by atoms with Gasteiger partial charge in [-0.25, -0.2) is 8.42 Å². The van der Waals surface area contributed by atoms with Gasteiger partial charge in [0.25, 0.3) is 0 Å². The number of rotatable bonds is 5. The highest BCUT2D eigenvalue weighted by Gasteiger charge is 2.18. The van der Waals surface area contributed by atoms with Crippen LogP contribution in [0.2, 0.25) is 0 Å². The summed E-state index contributed by atoms with van der Waals surface area (Å²) in [6.45, 7) is 2.85. The van der Waals surface area contributed by atoms with Crippen LogP contribution in [0, 0.1) is 0 Å². The molecule has 1 saturated heterocycles. The SMILES string of the molecule is CC(NC(=O)CC1CSCCN1)c1ccc(S(C)(=O)=O)cc1.Cl. The van der Waals surface area contributed by atoms with E-state index in [2.05, 4.69) is 10.6 Å². The Morgan fingerprint density at radius 3 is 2.57 bits per heavy atom. The Kier molecular flexibility index (Phi) is 7.86. The summed E-state index contributed by atoms with van der Waals surface area (Å²) >= 11 is 1.86. The van der Waals surface area contributed by atoms with Gasteiger partial charge in [0.05, 0.1) is 10.9 Å². The second-order valence-corrected chi connectivity index (χ2v) is 8.73. The van der Waals surface area contributed by atoms with E-state index in [1.165, 1.54) is 6.26 Å². The Morgan fingerprint density at radius 1 is 1.39 bits per heavy atom. The lowest BCUT2D eigenvalue weighted by atomic mass is 10.1. The molecule has 2 atom stereocenters. The number of nitrogens with one attached hydrogen (secondary N) is 2. The Hall–Kier alpha value is -0.760. The van der Waals surface area contributed by atoms with Crippen LogP contribution in [0.3, 0.4) is 0 Å². The van der Waals surface area contributed by atoms with Gasteiger partial charge in [-0.2, -0.15) is 11.8 Å². The first-order chi connectivity index (χ1) is 10.4. The Morgan fingerprint density at radius 2 is 2.04 bits per heavy atom. The van der Waals surface area contributed by atoms with E-state index >= 15 is 0 Å². The Bertz CT molecular complexity index is 614. The van der Waals surface area contributed by atoms with E-state index in [-0.39, 0.29) is 30.4 Å². The molecular weight excluding hydrogens is 356 g/mol. The second-order valence-electron chi connectivity index (χ2n) is 5.56. The Labute approximate surface area is 148 Å². The maximum Gasteiger partial charge on any atom is 0.222 e. The molecule has 1 aliphatic heterocycles. The fourth-order valence-corrected chi connectivity index (χ4v) is 3.94. The zero-order chi connectivity index (χ0) is 16.2. The summed E-state index contributed by atoms with van der Waals surface area (Å²) in [7, 11) is -3.19. The van der Waals surface area contributed by atoms with Crippen LogP contribution in [0.15, 0.2) is 29.2 Å². The molecule has 130 valence electrons. The van der Waals surface area contributed by atoms with Gasteiger partial charge < -0.3 is 10.6 Å². The average molecular weight is 379 g/mol. The molecule has 1 aromatic rings. The third kappa shape index (κ3) is 6.33. The van der Waals surface area contributed by atoms with Crippen molar-refractivity contribution in [1.29, 1.82) is 0 Å². The predicted octanol–water partition coefficient (Wildman–Crippen LogP) is 1.78. The zero-order valence-electron chi connectivity index (χ0n) is 13.2. The normalized spacial score (nSPS) is 19.5. The number of thioether (sulfide) groups is 1. The molecule has 1 amide bonds. The van der Waals surface area contributed by atoms with Crippen molar-refractivity contribution in [3.05, 3.63) is 29.8 Å². The standard InChI is InChI=1S/C15H22N2O3S2.ClH/c1-11(12-3-5-14(6-4-12)22(2,19)20)17-15(18)9-13-10-21-8-7-16-13;/h3-6,11,13,16H,7-10H2,1-2H3,(H,17,18);1H. The molecule has 0 aliphatic carbocycles. The average Bonchev–Trinajstić information content (AvgIpc) is 2.47. The van der Waals surface area contributed by atoms with Gasteiger partial charge in [-0.05, 0) is 24.6 Å². The van der Waals surface area contributed by atoms with Crippen molar-refractivity contribution < 1.29 is 13.2 Å². The summed E-state index contributed by atoms with van der Waals surface area (Å²) in [4.78, 5) is 12.4. The molecule has 1 aliphatic rings. The van der Waals surface area contributed by atoms with Crippen molar-refractivity contribution in [2.24, 2.45) is 0 Å². The quantitative estimate of drug-likeness (QED) is 0.816. The molecule has 0 radical (unpaired) electrons. The molecule has 1 fully saturated rings. The van der Waals surface area contributed by atoms with Crippen LogP contribution in [-0.4, -0.2) is 44.7 Å². The maximum absolute atomic E-state index is 12.1. The summed E-state index contributed by atoms with van der Waals surface area (Å²) in [6, 6.07) is 6.74.